The summed E-state index contributed by atoms with van der Waals surface area (Å²) in [6.45, 7) is 20.0. The molecule has 0 amide bonds. The van der Waals surface area contributed by atoms with Gasteiger partial charge in [0.25, 0.3) is 0 Å². The molecule has 0 radical (unpaired) electrons. The van der Waals surface area contributed by atoms with Crippen LogP contribution in [0.15, 0.2) is 77.9 Å². The molecule has 0 unspecified atom stereocenters. The number of nitrogens with zero attached hydrogens (tertiary/aromatic N) is 1. The van der Waals surface area contributed by atoms with Gasteiger partial charge in [-0.15, -0.1) is 0 Å². The van der Waals surface area contributed by atoms with Gasteiger partial charge in [-0.3, -0.25) is 9.59 Å². The van der Waals surface area contributed by atoms with Crippen LogP contribution in [0.2, 0.25) is 0 Å². The van der Waals surface area contributed by atoms with Crippen molar-refractivity contribution in [3.05, 3.63) is 107 Å². The van der Waals surface area contributed by atoms with Gasteiger partial charge in [0, 0.05) is 13.6 Å². The van der Waals surface area contributed by atoms with Gasteiger partial charge in [-0.2, -0.15) is 6.42 Å². The third-order valence-electron chi connectivity index (χ3n) is 13.3. The molecule has 1 heterocycles. The molecular formula is C55H84Cl2NO2PRu. The van der Waals surface area contributed by atoms with Crippen molar-refractivity contribution in [2.24, 2.45) is 5.92 Å². The van der Waals surface area contributed by atoms with Gasteiger partial charge in [-0.25, -0.2) is 6.54 Å². The van der Waals surface area contributed by atoms with Gasteiger partial charge < -0.3 is 4.90 Å². The number of carbonyl (C=O) groups excluding carboxylic acids is 2. The molecular weight excluding hydrogens is 910 g/mol. The van der Waals surface area contributed by atoms with Crippen molar-refractivity contribution in [1.29, 1.82) is 0 Å². The van der Waals surface area contributed by atoms with E-state index in [4.69, 9.17) is 19.4 Å². The number of aryl methyl sites for hydroxylation is 3. The van der Waals surface area contributed by atoms with E-state index < -0.39 is 13.5 Å². The molecule has 3 saturated carbocycles. The Kier molecular flexibility index (Phi) is 28.2. The van der Waals surface area contributed by atoms with Crippen molar-refractivity contribution < 1.29 is 23.1 Å². The van der Waals surface area contributed by atoms with Gasteiger partial charge in [0.1, 0.15) is 12.6 Å². The number of rotatable bonds is 11. The van der Waals surface area contributed by atoms with Crippen molar-refractivity contribution in [3.63, 3.8) is 0 Å². The van der Waals surface area contributed by atoms with E-state index in [0.29, 0.717) is 11.5 Å². The predicted molar refractivity (Wildman–Crippen MR) is 275 cm³/mol. The summed E-state index contributed by atoms with van der Waals surface area (Å²) in [6.07, 6.45) is 37.7. The normalized spacial score (nSPS) is 18.8. The van der Waals surface area contributed by atoms with Gasteiger partial charge >= 0.3 is 73.4 Å². The maximum atomic E-state index is 10.3. The molecule has 7 rings (SSSR count). The molecule has 3 nitrogen and oxygen atoms in total. The third-order valence-corrected chi connectivity index (χ3v) is 19.7. The Balaban J connectivity index is 0.000000214. The van der Waals surface area contributed by atoms with E-state index in [9.17, 15) is 9.59 Å². The molecule has 2 aromatic carbocycles. The van der Waals surface area contributed by atoms with Gasteiger partial charge in [-0.05, 0) is 179 Å². The molecule has 4 aliphatic carbocycles. The fraction of sp³-hybridized carbons (Fsp3) is 0.600. The molecule has 62 heavy (non-hydrogen) atoms. The van der Waals surface area contributed by atoms with Crippen molar-refractivity contribution in [2.45, 2.75) is 200 Å². The van der Waals surface area contributed by atoms with Crippen LogP contribution in [0.3, 0.4) is 0 Å². The van der Waals surface area contributed by atoms with Crippen LogP contribution in [-0.4, -0.2) is 40.7 Å². The zero-order chi connectivity index (χ0) is 45.1. The number of halogens is 2. The molecule has 0 bridgehead atoms. The van der Waals surface area contributed by atoms with Crippen molar-refractivity contribution in [2.75, 3.05) is 11.4 Å². The summed E-state index contributed by atoms with van der Waals surface area (Å²) < 4.78 is 1.92. The second kappa shape index (κ2) is 32.1. The Labute approximate surface area is 394 Å². The molecule has 1 aliphatic heterocycles. The predicted octanol–water partition coefficient (Wildman–Crippen LogP) is 16.8. The van der Waals surface area contributed by atoms with Crippen LogP contribution < -0.4 is 4.90 Å². The molecule has 0 N–H and O–H groups in total. The minimum atomic E-state index is -1.61. The SMILES string of the molecule is C1CCC([PH+](C2CCCCC2)C2CCCCC2)CC1.C=C(C=O)[C@H](C)CCC=C(C)C.Cc1cc(C)c(N2[CH-]CCC2)c(C)c1.O=CC1=CCCC1.[Cl][Ru]([Cl])=[CH]c1ccccc1. The van der Waals surface area contributed by atoms with Crippen LogP contribution >= 0.6 is 27.3 Å². The van der Waals surface area contributed by atoms with Crippen LogP contribution in [-0.2, 0) is 23.1 Å². The Bertz CT molecular complexity index is 1610. The molecule has 2 aromatic rings. The van der Waals surface area contributed by atoms with E-state index in [1.165, 1.54) is 70.7 Å². The Morgan fingerprint density at radius 3 is 1.74 bits per heavy atom. The second-order valence-electron chi connectivity index (χ2n) is 18.7. The zero-order valence-electron chi connectivity index (χ0n) is 39.7. The number of hydrogen-bond donors (Lipinski definition) is 0. The zero-order valence-corrected chi connectivity index (χ0v) is 43.9. The maximum absolute atomic E-state index is 10.3. The quantitative estimate of drug-likeness (QED) is 0.0562. The Hall–Kier alpha value is -1.70. The number of allylic oxidation sites excluding steroid dienone is 5. The number of carbonyl (C=O) groups is 2. The van der Waals surface area contributed by atoms with Gasteiger partial charge in [0.05, 0.1) is 17.0 Å². The van der Waals surface area contributed by atoms with Crippen molar-refractivity contribution in [3.8, 4) is 0 Å². The van der Waals surface area contributed by atoms with E-state index in [-0.39, 0.29) is 7.92 Å². The van der Waals surface area contributed by atoms with Crippen LogP contribution in [0.4, 0.5) is 5.69 Å². The molecule has 0 aromatic heterocycles. The molecule has 1 saturated heterocycles. The first-order valence-corrected chi connectivity index (χ1v) is 31.5. The summed E-state index contributed by atoms with van der Waals surface area (Å²) in [5.74, 6) is 0.318. The molecule has 348 valence electrons. The van der Waals surface area contributed by atoms with Gasteiger partial charge in [0.2, 0.25) is 0 Å². The molecule has 5 aliphatic rings. The van der Waals surface area contributed by atoms with Gasteiger partial charge in [0.15, 0.2) is 0 Å². The molecule has 0 spiro atoms. The number of anilines is 1. The van der Waals surface area contributed by atoms with E-state index in [1.807, 2.05) is 47.9 Å². The van der Waals surface area contributed by atoms with Gasteiger partial charge in [-0.1, -0.05) is 74.6 Å². The first-order chi connectivity index (χ1) is 29.9. The van der Waals surface area contributed by atoms with E-state index in [0.717, 1.165) is 49.4 Å². The topological polar surface area (TPSA) is 37.4 Å². The summed E-state index contributed by atoms with van der Waals surface area (Å²) in [4.78, 5) is 22.7. The first-order valence-electron chi connectivity index (χ1n) is 24.3. The number of hydrogen-bond acceptors (Lipinski definition) is 3. The summed E-state index contributed by atoms with van der Waals surface area (Å²) in [6, 6.07) is 14.4. The fourth-order valence-electron chi connectivity index (χ4n) is 10.1. The third kappa shape index (κ3) is 21.5. The van der Waals surface area contributed by atoms with Crippen LogP contribution in [0.1, 0.15) is 184 Å². The monoisotopic (exact) mass is 993 g/mol. The Morgan fingerprint density at radius 2 is 1.35 bits per heavy atom. The second-order valence-corrected chi connectivity index (χ2v) is 27.9. The minimum absolute atomic E-state index is 0.0465. The number of benzene rings is 2. The number of aldehydes is 2. The molecule has 1 atom stereocenters. The van der Waals surface area contributed by atoms with Crippen LogP contribution in [0, 0.1) is 33.2 Å². The summed E-state index contributed by atoms with van der Waals surface area (Å²) >= 11 is -1.61. The molecule has 4 fully saturated rings. The summed E-state index contributed by atoms with van der Waals surface area (Å²) in [7, 11) is 11.3. The van der Waals surface area contributed by atoms with Crippen molar-refractivity contribution in [1.82, 2.24) is 0 Å². The summed E-state index contributed by atoms with van der Waals surface area (Å²) in [5.41, 5.74) is 13.4. The van der Waals surface area contributed by atoms with E-state index in [1.54, 1.807) is 96.3 Å². The first kappa shape index (κ1) is 54.6. The average Bonchev–Trinajstić information content (AvgIpc) is 4.01. The Morgan fingerprint density at radius 1 is 0.823 bits per heavy atom. The fourth-order valence-corrected chi connectivity index (χ4v) is 17.1. The molecule has 7 heteroatoms. The van der Waals surface area contributed by atoms with E-state index >= 15 is 0 Å². The average molecular weight is 994 g/mol. The summed E-state index contributed by atoms with van der Waals surface area (Å²) in [5, 5.41) is 0. The van der Waals surface area contributed by atoms with E-state index in [2.05, 4.69) is 70.9 Å². The standard InChI is InChI=1S/C18H33P.C13H18N.C11H18O.C7H6.C6H8O.2ClH.Ru/c1-4-10-16(11-5-1)19(17-12-6-2-7-13-17)18-14-8-3-9-15-18;1-10-8-11(2)13(12(3)9-10)14-6-4-5-7-14;1-9(2)6-5-7-10(3)11(4)8-12;1-7-5-3-2-4-6-7;7-5-6-3-1-2-4-6;;;/h16-18H,1-15H2;6,8-9H,4-5,7H2,1-3H3;6,8,10H,4-5,7H2,1-3H3;1-6H;3,5H,1-2,4H2;2*1H;/q;-1;;;;;;+2/p-1/t;;10-;;;;;/m..1...../s1. The van der Waals surface area contributed by atoms with Crippen LogP contribution in [0.5, 0.6) is 0 Å². The van der Waals surface area contributed by atoms with Crippen molar-refractivity contribution >= 4 is 50.2 Å². The van der Waals surface area contributed by atoms with Crippen LogP contribution in [0.25, 0.3) is 0 Å².